The minimum absolute atomic E-state index is 0.0904. The molecule has 0 spiro atoms. The van der Waals surface area contributed by atoms with Gasteiger partial charge in [0.15, 0.2) is 11.5 Å². The Balaban J connectivity index is 1.47. The first-order valence-electron chi connectivity index (χ1n) is 12.8. The molecular weight excluding hydrogens is 526 g/mol. The summed E-state index contributed by atoms with van der Waals surface area (Å²) in [5.41, 5.74) is 5.28. The van der Waals surface area contributed by atoms with Crippen molar-refractivity contribution in [2.45, 2.75) is 25.3 Å². The van der Waals surface area contributed by atoms with Crippen molar-refractivity contribution in [3.63, 3.8) is 0 Å². The maximum absolute atomic E-state index is 13.5. The van der Waals surface area contributed by atoms with E-state index in [-0.39, 0.29) is 4.90 Å². The number of aryl methyl sites for hydroxylation is 1. The van der Waals surface area contributed by atoms with E-state index in [1.165, 1.54) is 18.3 Å². The van der Waals surface area contributed by atoms with Gasteiger partial charge in [0.2, 0.25) is 0 Å². The molecule has 0 radical (unpaired) electrons. The molecule has 0 saturated heterocycles. The molecule has 0 aliphatic carbocycles. The first-order chi connectivity index (χ1) is 19.4. The third kappa shape index (κ3) is 7.27. The Morgan fingerprint density at radius 2 is 1.55 bits per heavy atom. The Morgan fingerprint density at radius 3 is 2.25 bits per heavy atom. The second-order valence-corrected chi connectivity index (χ2v) is 10.7. The quantitative estimate of drug-likeness (QED) is 0.188. The predicted molar refractivity (Wildman–Crippen MR) is 156 cm³/mol. The van der Waals surface area contributed by atoms with Gasteiger partial charge in [-0.3, -0.25) is 9.10 Å². The lowest BCUT2D eigenvalue weighted by atomic mass is 10.2. The molecule has 0 atom stereocenters. The molecule has 0 aliphatic rings. The number of nitrogens with zero attached hydrogens (tertiary/aromatic N) is 2. The molecule has 0 heterocycles. The summed E-state index contributed by atoms with van der Waals surface area (Å²) in [4.78, 5) is 13.0. The van der Waals surface area contributed by atoms with Crippen LogP contribution in [-0.2, 0) is 21.4 Å². The van der Waals surface area contributed by atoms with E-state index in [4.69, 9.17) is 9.47 Å². The van der Waals surface area contributed by atoms with Crippen molar-refractivity contribution in [1.82, 2.24) is 5.43 Å². The van der Waals surface area contributed by atoms with Crippen LogP contribution in [0.2, 0.25) is 0 Å². The first kappa shape index (κ1) is 28.4. The highest BCUT2D eigenvalue weighted by Gasteiger charge is 2.28. The summed E-state index contributed by atoms with van der Waals surface area (Å²) in [5, 5.41) is 4.05. The number of carbonyl (C=O) groups is 1. The van der Waals surface area contributed by atoms with Gasteiger partial charge in [-0.1, -0.05) is 66.7 Å². The van der Waals surface area contributed by atoms with Gasteiger partial charge in [0.1, 0.15) is 13.2 Å². The Hall–Kier alpha value is -4.63. The monoisotopic (exact) mass is 557 g/mol. The molecule has 0 bridgehead atoms. The van der Waals surface area contributed by atoms with Crippen LogP contribution in [0, 0.1) is 6.92 Å². The fourth-order valence-electron chi connectivity index (χ4n) is 3.93. The molecular formula is C31H31N3O5S. The molecule has 206 valence electrons. The summed E-state index contributed by atoms with van der Waals surface area (Å²) in [6.45, 7) is 4.07. The SMILES string of the molecule is CCOc1cc(/C=N\NC(=O)CN(c2ccccc2C)S(=O)(=O)c2ccccc2)ccc1OCc1ccccc1. The molecule has 0 aromatic heterocycles. The third-order valence-electron chi connectivity index (χ3n) is 5.91. The highest BCUT2D eigenvalue weighted by atomic mass is 32.2. The zero-order valence-corrected chi connectivity index (χ0v) is 23.2. The first-order valence-corrected chi connectivity index (χ1v) is 14.2. The number of amides is 1. The van der Waals surface area contributed by atoms with E-state index in [1.807, 2.05) is 43.3 Å². The lowest BCUT2D eigenvalue weighted by Crippen LogP contribution is -2.40. The molecule has 40 heavy (non-hydrogen) atoms. The lowest BCUT2D eigenvalue weighted by molar-refractivity contribution is -0.119. The summed E-state index contributed by atoms with van der Waals surface area (Å²) in [5.74, 6) is 0.548. The van der Waals surface area contributed by atoms with Crippen LogP contribution >= 0.6 is 0 Å². The number of hydrogen-bond donors (Lipinski definition) is 1. The summed E-state index contributed by atoms with van der Waals surface area (Å²) >= 11 is 0. The highest BCUT2D eigenvalue weighted by molar-refractivity contribution is 7.92. The molecule has 0 saturated carbocycles. The van der Waals surface area contributed by atoms with Crippen LogP contribution < -0.4 is 19.2 Å². The highest BCUT2D eigenvalue weighted by Crippen LogP contribution is 2.29. The molecule has 0 fully saturated rings. The average molecular weight is 558 g/mol. The number of rotatable bonds is 12. The van der Waals surface area contributed by atoms with Gasteiger partial charge in [0.05, 0.1) is 23.4 Å². The van der Waals surface area contributed by atoms with Crippen molar-refractivity contribution >= 4 is 27.8 Å². The van der Waals surface area contributed by atoms with E-state index in [0.29, 0.717) is 36.0 Å². The summed E-state index contributed by atoms with van der Waals surface area (Å²) in [6.07, 6.45) is 1.46. The van der Waals surface area contributed by atoms with Crippen molar-refractivity contribution < 1.29 is 22.7 Å². The van der Waals surface area contributed by atoms with Gasteiger partial charge in [0, 0.05) is 0 Å². The predicted octanol–water partition coefficient (Wildman–Crippen LogP) is 5.32. The maximum Gasteiger partial charge on any atom is 0.264 e. The summed E-state index contributed by atoms with van der Waals surface area (Å²) in [7, 11) is -4.00. The Labute approximate surface area is 234 Å². The average Bonchev–Trinajstić information content (AvgIpc) is 2.97. The van der Waals surface area contributed by atoms with Gasteiger partial charge in [-0.05, 0) is 66.9 Å². The maximum atomic E-state index is 13.5. The fourth-order valence-corrected chi connectivity index (χ4v) is 5.44. The van der Waals surface area contributed by atoms with Gasteiger partial charge in [-0.25, -0.2) is 13.8 Å². The van der Waals surface area contributed by atoms with Crippen LogP contribution in [0.5, 0.6) is 11.5 Å². The minimum atomic E-state index is -4.00. The van der Waals surface area contributed by atoms with Crippen LogP contribution in [0.25, 0.3) is 0 Å². The smallest absolute Gasteiger partial charge is 0.264 e. The fraction of sp³-hybridized carbons (Fsp3) is 0.161. The summed E-state index contributed by atoms with van der Waals surface area (Å²) < 4.78 is 39.7. The van der Waals surface area contributed by atoms with Crippen LogP contribution in [0.1, 0.15) is 23.6 Å². The standard InChI is InChI=1S/C31H31N3O5S/c1-3-38-30-20-26(18-19-29(30)39-23-25-13-6-4-7-14-25)21-32-33-31(35)22-34(28-17-11-10-12-24(28)2)40(36,37)27-15-8-5-9-16-27/h4-21H,3,22-23H2,1-2H3,(H,33,35)/b32-21-. The molecule has 0 aliphatic heterocycles. The molecule has 4 aromatic rings. The lowest BCUT2D eigenvalue weighted by Gasteiger charge is -2.25. The van der Waals surface area contributed by atoms with Crippen molar-refractivity contribution in [1.29, 1.82) is 0 Å². The number of hydrazone groups is 1. The molecule has 4 rings (SSSR count). The van der Waals surface area contributed by atoms with Crippen molar-refractivity contribution in [3.8, 4) is 11.5 Å². The topological polar surface area (TPSA) is 97.3 Å². The minimum Gasteiger partial charge on any atom is -0.490 e. The van der Waals surface area contributed by atoms with Gasteiger partial charge < -0.3 is 9.47 Å². The Morgan fingerprint density at radius 1 is 0.875 bits per heavy atom. The van der Waals surface area contributed by atoms with Gasteiger partial charge in [-0.15, -0.1) is 0 Å². The molecule has 9 heteroatoms. The second kappa shape index (κ2) is 13.4. The van der Waals surface area contributed by atoms with Crippen molar-refractivity contribution in [2.24, 2.45) is 5.10 Å². The van der Waals surface area contributed by atoms with Crippen LogP contribution in [0.4, 0.5) is 5.69 Å². The van der Waals surface area contributed by atoms with Gasteiger partial charge >= 0.3 is 0 Å². The number of hydrogen-bond acceptors (Lipinski definition) is 6. The van der Waals surface area contributed by atoms with Gasteiger partial charge in [0.25, 0.3) is 15.9 Å². The van der Waals surface area contributed by atoms with Crippen LogP contribution in [-0.4, -0.2) is 33.7 Å². The van der Waals surface area contributed by atoms with E-state index < -0.39 is 22.5 Å². The molecule has 1 amide bonds. The number of benzene rings is 4. The molecule has 8 nitrogen and oxygen atoms in total. The molecule has 4 aromatic carbocycles. The van der Waals surface area contributed by atoms with E-state index in [0.717, 1.165) is 15.4 Å². The zero-order chi connectivity index (χ0) is 28.4. The number of para-hydroxylation sites is 1. The third-order valence-corrected chi connectivity index (χ3v) is 7.68. The number of anilines is 1. The van der Waals surface area contributed by atoms with Crippen molar-refractivity contribution in [3.05, 3.63) is 120 Å². The van der Waals surface area contributed by atoms with E-state index in [1.54, 1.807) is 61.5 Å². The molecule has 0 unspecified atom stereocenters. The Bertz CT molecular complexity index is 1560. The molecule has 1 N–H and O–H groups in total. The van der Waals surface area contributed by atoms with Crippen molar-refractivity contribution in [2.75, 3.05) is 17.5 Å². The Kier molecular flexibility index (Phi) is 9.53. The second-order valence-electron chi connectivity index (χ2n) is 8.82. The number of sulfonamides is 1. The number of ether oxygens (including phenoxy) is 2. The zero-order valence-electron chi connectivity index (χ0n) is 22.4. The van der Waals surface area contributed by atoms with Gasteiger partial charge in [-0.2, -0.15) is 5.10 Å². The normalized spacial score (nSPS) is 11.2. The number of carbonyl (C=O) groups excluding carboxylic acids is 1. The van der Waals surface area contributed by atoms with E-state index >= 15 is 0 Å². The van der Waals surface area contributed by atoms with E-state index in [2.05, 4.69) is 10.5 Å². The number of nitrogens with one attached hydrogen (secondary N) is 1. The van der Waals surface area contributed by atoms with E-state index in [9.17, 15) is 13.2 Å². The van der Waals surface area contributed by atoms with Crippen LogP contribution in [0.15, 0.2) is 113 Å². The summed E-state index contributed by atoms with van der Waals surface area (Å²) in [6, 6.07) is 30.2. The largest absolute Gasteiger partial charge is 0.490 e. The van der Waals surface area contributed by atoms with Crippen LogP contribution in [0.3, 0.4) is 0 Å².